The van der Waals surface area contributed by atoms with Crippen LogP contribution in [0.3, 0.4) is 0 Å². The van der Waals surface area contributed by atoms with Gasteiger partial charge in [0.15, 0.2) is 0 Å². The highest BCUT2D eigenvalue weighted by atomic mass is 32.2. The van der Waals surface area contributed by atoms with Crippen LogP contribution >= 0.6 is 0 Å². The van der Waals surface area contributed by atoms with Crippen LogP contribution in [0, 0.1) is 0 Å². The Balaban J connectivity index is 1.92. The molecule has 0 heterocycles. The molecule has 0 radical (unpaired) electrons. The molecule has 0 saturated carbocycles. The fourth-order valence-electron chi connectivity index (χ4n) is 3.00. The summed E-state index contributed by atoms with van der Waals surface area (Å²) in [5, 5.41) is 3.38. The van der Waals surface area contributed by atoms with Crippen molar-refractivity contribution in [1.82, 2.24) is 5.32 Å². The van der Waals surface area contributed by atoms with Crippen molar-refractivity contribution in [2.75, 3.05) is 14.2 Å². The fourth-order valence-corrected chi connectivity index (χ4v) is 4.66. The van der Waals surface area contributed by atoms with Crippen molar-refractivity contribution in [3.8, 4) is 5.75 Å². The molecule has 0 aliphatic heterocycles. The zero-order valence-electron chi connectivity index (χ0n) is 12.2. The number of ether oxygens (including phenoxy) is 1. The van der Waals surface area contributed by atoms with Crippen LogP contribution in [0.15, 0.2) is 53.4 Å². The van der Waals surface area contributed by atoms with Gasteiger partial charge in [0.05, 0.1) is 23.2 Å². The number of hydrogen-bond acceptors (Lipinski definition) is 3. The lowest BCUT2D eigenvalue weighted by Gasteiger charge is -2.19. The van der Waals surface area contributed by atoms with E-state index >= 15 is 0 Å². The molecule has 0 fully saturated rings. The molecule has 3 nitrogen and oxygen atoms in total. The minimum atomic E-state index is -1.07. The minimum Gasteiger partial charge on any atom is -0.497 e. The van der Waals surface area contributed by atoms with Crippen LogP contribution in [-0.4, -0.2) is 23.6 Å². The average molecular weight is 301 g/mol. The van der Waals surface area contributed by atoms with Gasteiger partial charge in [-0.15, -0.1) is 0 Å². The van der Waals surface area contributed by atoms with Gasteiger partial charge in [-0.1, -0.05) is 30.3 Å². The maximum absolute atomic E-state index is 13.0. The summed E-state index contributed by atoms with van der Waals surface area (Å²) in [6.07, 6.45) is 0.839. The Bertz CT molecular complexity index is 671. The van der Waals surface area contributed by atoms with E-state index in [0.717, 1.165) is 17.1 Å². The van der Waals surface area contributed by atoms with E-state index in [2.05, 4.69) is 17.4 Å². The monoisotopic (exact) mass is 301 g/mol. The molecule has 21 heavy (non-hydrogen) atoms. The summed E-state index contributed by atoms with van der Waals surface area (Å²) in [7, 11) is 2.49. The molecule has 0 aromatic heterocycles. The van der Waals surface area contributed by atoms with Gasteiger partial charge in [0.2, 0.25) is 0 Å². The zero-order chi connectivity index (χ0) is 14.8. The van der Waals surface area contributed by atoms with Gasteiger partial charge in [-0.25, -0.2) is 0 Å². The van der Waals surface area contributed by atoms with Gasteiger partial charge in [-0.2, -0.15) is 0 Å². The van der Waals surface area contributed by atoms with Crippen LogP contribution in [0.5, 0.6) is 5.75 Å². The summed E-state index contributed by atoms with van der Waals surface area (Å²) in [6.45, 7) is 0. The number of hydrogen-bond donors (Lipinski definition) is 1. The Morgan fingerprint density at radius 2 is 2.00 bits per heavy atom. The number of nitrogens with one attached hydrogen (secondary N) is 1. The normalized spacial score (nSPS) is 21.8. The van der Waals surface area contributed by atoms with E-state index in [9.17, 15) is 4.21 Å². The van der Waals surface area contributed by atoms with Crippen molar-refractivity contribution in [3.63, 3.8) is 0 Å². The third-order valence-corrected chi connectivity index (χ3v) is 5.75. The molecule has 1 N–H and O–H groups in total. The van der Waals surface area contributed by atoms with E-state index in [1.54, 1.807) is 7.11 Å². The van der Waals surface area contributed by atoms with Gasteiger partial charge in [-0.3, -0.25) is 4.21 Å². The van der Waals surface area contributed by atoms with Gasteiger partial charge < -0.3 is 10.1 Å². The Morgan fingerprint density at radius 3 is 2.76 bits per heavy atom. The Kier molecular flexibility index (Phi) is 4.08. The molecule has 110 valence electrons. The third kappa shape index (κ3) is 2.61. The number of rotatable bonds is 4. The average Bonchev–Trinajstić information content (AvgIpc) is 2.92. The first-order valence-corrected chi connectivity index (χ1v) is 8.25. The minimum absolute atomic E-state index is 0.0551. The quantitative estimate of drug-likeness (QED) is 0.943. The van der Waals surface area contributed by atoms with Crippen molar-refractivity contribution >= 4 is 10.8 Å². The topological polar surface area (TPSA) is 38.3 Å². The molecule has 0 saturated heterocycles. The lowest BCUT2D eigenvalue weighted by atomic mass is 10.1. The molecule has 2 aromatic rings. The SMILES string of the molecule is CNC1c2ccccc2CC1S(=O)c1cccc(OC)c1. The lowest BCUT2D eigenvalue weighted by molar-refractivity contribution is 0.413. The summed E-state index contributed by atoms with van der Waals surface area (Å²) < 4.78 is 18.2. The molecule has 0 amide bonds. The molecule has 3 unspecified atom stereocenters. The molecule has 2 aromatic carbocycles. The van der Waals surface area contributed by atoms with Crippen LogP contribution < -0.4 is 10.1 Å². The standard InChI is InChI=1S/C17H19NO2S/c1-18-17-15-9-4-3-6-12(15)10-16(17)21(19)14-8-5-7-13(11-14)20-2/h3-9,11,16-18H,10H2,1-2H3. The van der Waals surface area contributed by atoms with E-state index in [1.165, 1.54) is 11.1 Å². The summed E-state index contributed by atoms with van der Waals surface area (Å²) in [6, 6.07) is 16.0. The fraction of sp³-hybridized carbons (Fsp3) is 0.294. The van der Waals surface area contributed by atoms with E-state index < -0.39 is 10.8 Å². The van der Waals surface area contributed by atoms with Gasteiger partial charge in [0.1, 0.15) is 5.75 Å². The third-order valence-electron chi connectivity index (χ3n) is 4.04. The smallest absolute Gasteiger partial charge is 0.120 e. The van der Waals surface area contributed by atoms with E-state index in [0.29, 0.717) is 0 Å². The maximum atomic E-state index is 13.0. The number of methoxy groups -OCH3 is 1. The largest absolute Gasteiger partial charge is 0.497 e. The summed E-state index contributed by atoms with van der Waals surface area (Å²) in [5.74, 6) is 0.748. The van der Waals surface area contributed by atoms with Crippen molar-refractivity contribution < 1.29 is 8.95 Å². The summed E-state index contributed by atoms with van der Waals surface area (Å²) >= 11 is 0. The van der Waals surface area contributed by atoms with Gasteiger partial charge in [0, 0.05) is 10.9 Å². The van der Waals surface area contributed by atoms with E-state index in [-0.39, 0.29) is 11.3 Å². The van der Waals surface area contributed by atoms with Crippen molar-refractivity contribution in [2.45, 2.75) is 22.6 Å². The molecule has 4 heteroatoms. The Hall–Kier alpha value is -1.65. The Morgan fingerprint density at radius 1 is 1.19 bits per heavy atom. The lowest BCUT2D eigenvalue weighted by Crippen LogP contribution is -2.29. The summed E-state index contributed by atoms with van der Waals surface area (Å²) in [5.41, 5.74) is 2.55. The second kappa shape index (κ2) is 6.00. The van der Waals surface area contributed by atoms with Crippen LogP contribution in [0.2, 0.25) is 0 Å². The van der Waals surface area contributed by atoms with Crippen LogP contribution in [0.1, 0.15) is 17.2 Å². The Labute approximate surface area is 127 Å². The first-order chi connectivity index (χ1) is 10.2. The molecular formula is C17H19NO2S. The van der Waals surface area contributed by atoms with Gasteiger partial charge in [-0.05, 0) is 42.8 Å². The molecule has 3 atom stereocenters. The summed E-state index contributed by atoms with van der Waals surface area (Å²) in [4.78, 5) is 0.826. The van der Waals surface area contributed by atoms with Gasteiger partial charge in [0.25, 0.3) is 0 Å². The first kappa shape index (κ1) is 14.3. The van der Waals surface area contributed by atoms with Crippen LogP contribution in [0.25, 0.3) is 0 Å². The van der Waals surface area contributed by atoms with Crippen LogP contribution in [-0.2, 0) is 17.2 Å². The predicted molar refractivity (Wildman–Crippen MR) is 85.1 cm³/mol. The molecule has 0 bridgehead atoms. The van der Waals surface area contributed by atoms with Crippen molar-refractivity contribution in [1.29, 1.82) is 0 Å². The van der Waals surface area contributed by atoms with Gasteiger partial charge >= 0.3 is 0 Å². The molecule has 0 spiro atoms. The van der Waals surface area contributed by atoms with E-state index in [4.69, 9.17) is 4.74 Å². The number of fused-ring (bicyclic) bond motifs is 1. The second-order valence-corrected chi connectivity index (χ2v) is 6.86. The highest BCUT2D eigenvalue weighted by molar-refractivity contribution is 7.85. The molecule has 1 aliphatic rings. The molecular weight excluding hydrogens is 282 g/mol. The van der Waals surface area contributed by atoms with Crippen molar-refractivity contribution in [2.24, 2.45) is 0 Å². The first-order valence-electron chi connectivity index (χ1n) is 7.04. The maximum Gasteiger partial charge on any atom is 0.120 e. The second-order valence-electron chi connectivity index (χ2n) is 5.18. The molecule has 3 rings (SSSR count). The zero-order valence-corrected chi connectivity index (χ0v) is 13.0. The highest BCUT2D eigenvalue weighted by Crippen LogP contribution is 2.36. The highest BCUT2D eigenvalue weighted by Gasteiger charge is 2.35. The van der Waals surface area contributed by atoms with E-state index in [1.807, 2.05) is 43.4 Å². The predicted octanol–water partition coefficient (Wildman–Crippen LogP) is 2.69. The molecule has 1 aliphatic carbocycles. The van der Waals surface area contributed by atoms with Crippen LogP contribution in [0.4, 0.5) is 0 Å². The van der Waals surface area contributed by atoms with Crippen molar-refractivity contribution in [3.05, 3.63) is 59.7 Å². The number of benzene rings is 2.